The average molecular weight is 305 g/mol. The molecule has 1 fully saturated rings. The molecule has 0 aromatic carbocycles. The molecule has 1 aliphatic rings. The van der Waals surface area contributed by atoms with Crippen LogP contribution in [-0.4, -0.2) is 45.2 Å². The summed E-state index contributed by atoms with van der Waals surface area (Å²) < 4.78 is 29.5. The van der Waals surface area contributed by atoms with E-state index in [9.17, 15) is 8.42 Å². The lowest BCUT2D eigenvalue weighted by Gasteiger charge is -2.43. The van der Waals surface area contributed by atoms with Crippen molar-refractivity contribution >= 4 is 9.84 Å². The zero-order valence-electron chi connectivity index (χ0n) is 13.6. The number of hydrogen-bond donors (Lipinski definition) is 1. The number of hydrogen-bond acceptors (Lipinski definition) is 4. The molecule has 4 nitrogen and oxygen atoms in total. The lowest BCUT2D eigenvalue weighted by Crippen LogP contribution is -2.55. The standard InChI is InChI=1S/C15H31NO3S/c1-6-15(3,19-4)14(16-7-2)12-9-8-10-13(11-12)20(5,17)18/h12-14,16H,6-11H2,1-5H3. The molecular weight excluding hydrogens is 274 g/mol. The SMILES string of the molecule is CCNC(C1CCCC(S(C)(=O)=O)C1)C(C)(CC)OC. The van der Waals surface area contributed by atoms with Crippen molar-refractivity contribution in [2.45, 2.75) is 69.8 Å². The summed E-state index contributed by atoms with van der Waals surface area (Å²) in [5.41, 5.74) is -0.236. The Morgan fingerprint density at radius 2 is 2.00 bits per heavy atom. The van der Waals surface area contributed by atoms with Crippen LogP contribution in [0.3, 0.4) is 0 Å². The van der Waals surface area contributed by atoms with E-state index in [0.29, 0.717) is 5.92 Å². The van der Waals surface area contributed by atoms with Gasteiger partial charge in [0, 0.05) is 19.4 Å². The second kappa shape index (κ2) is 7.23. The molecule has 1 saturated carbocycles. The van der Waals surface area contributed by atoms with Gasteiger partial charge in [-0.3, -0.25) is 0 Å². The maximum atomic E-state index is 11.8. The first-order valence-corrected chi connectivity index (χ1v) is 9.71. The zero-order chi connectivity index (χ0) is 15.4. The molecule has 0 radical (unpaired) electrons. The van der Waals surface area contributed by atoms with Crippen LogP contribution in [0.25, 0.3) is 0 Å². The molecule has 1 aliphatic carbocycles. The van der Waals surface area contributed by atoms with Crippen LogP contribution in [0, 0.1) is 5.92 Å². The number of likely N-dealkylation sites (N-methyl/N-ethyl adjacent to an activating group) is 1. The third kappa shape index (κ3) is 4.18. The molecule has 0 aromatic heterocycles. The molecular formula is C15H31NO3S. The van der Waals surface area contributed by atoms with Crippen molar-refractivity contribution in [1.82, 2.24) is 5.32 Å². The molecule has 0 saturated heterocycles. The topological polar surface area (TPSA) is 55.4 Å². The Bertz CT molecular complexity index is 390. The molecule has 0 aliphatic heterocycles. The normalized spacial score (nSPS) is 28.9. The van der Waals surface area contributed by atoms with Gasteiger partial charge < -0.3 is 10.1 Å². The Morgan fingerprint density at radius 3 is 2.45 bits per heavy atom. The zero-order valence-corrected chi connectivity index (χ0v) is 14.4. The Morgan fingerprint density at radius 1 is 1.35 bits per heavy atom. The minimum atomic E-state index is -2.93. The fourth-order valence-electron chi connectivity index (χ4n) is 3.46. The van der Waals surface area contributed by atoms with E-state index in [1.54, 1.807) is 7.11 Å². The largest absolute Gasteiger partial charge is 0.377 e. The van der Waals surface area contributed by atoms with Crippen LogP contribution in [-0.2, 0) is 14.6 Å². The van der Waals surface area contributed by atoms with Crippen molar-refractivity contribution in [2.75, 3.05) is 19.9 Å². The van der Waals surface area contributed by atoms with Gasteiger partial charge in [0.05, 0.1) is 10.9 Å². The monoisotopic (exact) mass is 305 g/mol. The summed E-state index contributed by atoms with van der Waals surface area (Å²) >= 11 is 0. The Kier molecular flexibility index (Phi) is 6.48. The van der Waals surface area contributed by atoms with Crippen LogP contribution in [0.1, 0.15) is 52.9 Å². The van der Waals surface area contributed by atoms with Crippen LogP contribution < -0.4 is 5.32 Å². The highest BCUT2D eigenvalue weighted by Gasteiger charge is 2.41. The van der Waals surface area contributed by atoms with Crippen molar-refractivity contribution in [3.8, 4) is 0 Å². The van der Waals surface area contributed by atoms with E-state index >= 15 is 0 Å². The van der Waals surface area contributed by atoms with Crippen LogP contribution >= 0.6 is 0 Å². The van der Waals surface area contributed by atoms with Crippen LogP contribution in [0.4, 0.5) is 0 Å². The summed E-state index contributed by atoms with van der Waals surface area (Å²) in [6, 6.07) is 0.215. The first-order chi connectivity index (χ1) is 9.28. The number of ether oxygens (including phenoxy) is 1. The highest BCUT2D eigenvalue weighted by atomic mass is 32.2. The molecule has 4 atom stereocenters. The molecule has 0 aromatic rings. The number of rotatable bonds is 7. The van der Waals surface area contributed by atoms with Gasteiger partial charge in [0.15, 0.2) is 0 Å². The molecule has 0 heterocycles. The van der Waals surface area contributed by atoms with E-state index in [0.717, 1.165) is 38.6 Å². The van der Waals surface area contributed by atoms with Crippen LogP contribution in [0.5, 0.6) is 0 Å². The molecule has 4 unspecified atom stereocenters. The van der Waals surface area contributed by atoms with Crippen molar-refractivity contribution in [3.05, 3.63) is 0 Å². The average Bonchev–Trinajstić information content (AvgIpc) is 2.43. The summed E-state index contributed by atoms with van der Waals surface area (Å²) in [4.78, 5) is 0. The summed E-state index contributed by atoms with van der Waals surface area (Å²) in [7, 11) is -1.18. The van der Waals surface area contributed by atoms with E-state index in [4.69, 9.17) is 4.74 Å². The molecule has 0 bridgehead atoms. The van der Waals surface area contributed by atoms with E-state index in [-0.39, 0.29) is 16.9 Å². The summed E-state index contributed by atoms with van der Waals surface area (Å²) in [5, 5.41) is 3.37. The van der Waals surface area contributed by atoms with Gasteiger partial charge in [-0.05, 0) is 45.1 Å². The van der Waals surface area contributed by atoms with Crippen molar-refractivity contribution < 1.29 is 13.2 Å². The molecule has 1 rings (SSSR count). The second-order valence-electron chi connectivity index (χ2n) is 6.28. The quantitative estimate of drug-likeness (QED) is 0.784. The molecule has 1 N–H and O–H groups in total. The summed E-state index contributed by atoms with van der Waals surface area (Å²) in [6.45, 7) is 7.23. The lowest BCUT2D eigenvalue weighted by molar-refractivity contribution is -0.0494. The van der Waals surface area contributed by atoms with Crippen molar-refractivity contribution in [2.24, 2.45) is 5.92 Å². The van der Waals surface area contributed by atoms with Crippen LogP contribution in [0.15, 0.2) is 0 Å². The van der Waals surface area contributed by atoms with Crippen molar-refractivity contribution in [3.63, 3.8) is 0 Å². The van der Waals surface area contributed by atoms with Crippen molar-refractivity contribution in [1.29, 1.82) is 0 Å². The van der Waals surface area contributed by atoms with Gasteiger partial charge in [0.1, 0.15) is 9.84 Å². The first kappa shape index (κ1) is 17.9. The maximum Gasteiger partial charge on any atom is 0.150 e. The van der Waals surface area contributed by atoms with Gasteiger partial charge >= 0.3 is 0 Å². The maximum absolute atomic E-state index is 11.8. The van der Waals surface area contributed by atoms with Gasteiger partial charge in [-0.15, -0.1) is 0 Å². The van der Waals surface area contributed by atoms with Crippen LogP contribution in [0.2, 0.25) is 0 Å². The smallest absolute Gasteiger partial charge is 0.150 e. The molecule has 0 amide bonds. The summed E-state index contributed by atoms with van der Waals surface area (Å²) in [6.07, 6.45) is 5.94. The predicted octanol–water partition coefficient (Wildman–Crippen LogP) is 2.38. The van der Waals surface area contributed by atoms with Gasteiger partial charge in [0.25, 0.3) is 0 Å². The Hall–Kier alpha value is -0.130. The molecule has 120 valence electrons. The Labute approximate surface area is 124 Å². The molecule has 0 spiro atoms. The first-order valence-electron chi connectivity index (χ1n) is 7.75. The van der Waals surface area contributed by atoms with E-state index < -0.39 is 9.84 Å². The fourth-order valence-corrected chi connectivity index (χ4v) is 4.66. The second-order valence-corrected chi connectivity index (χ2v) is 8.61. The van der Waals surface area contributed by atoms with E-state index in [2.05, 4.69) is 26.1 Å². The van der Waals surface area contributed by atoms with Gasteiger partial charge in [-0.2, -0.15) is 0 Å². The Balaban J connectivity index is 2.91. The van der Waals surface area contributed by atoms with Gasteiger partial charge in [-0.25, -0.2) is 8.42 Å². The van der Waals surface area contributed by atoms with Gasteiger partial charge in [-0.1, -0.05) is 20.3 Å². The minimum Gasteiger partial charge on any atom is -0.377 e. The summed E-state index contributed by atoms with van der Waals surface area (Å²) in [5.74, 6) is 0.369. The van der Waals surface area contributed by atoms with E-state index in [1.165, 1.54) is 6.26 Å². The third-order valence-electron chi connectivity index (χ3n) is 4.99. The highest BCUT2D eigenvalue weighted by molar-refractivity contribution is 7.91. The van der Waals surface area contributed by atoms with Gasteiger partial charge in [0.2, 0.25) is 0 Å². The highest BCUT2D eigenvalue weighted by Crippen LogP contribution is 2.36. The lowest BCUT2D eigenvalue weighted by atomic mass is 9.76. The van der Waals surface area contributed by atoms with E-state index in [1.807, 2.05) is 0 Å². The third-order valence-corrected chi connectivity index (χ3v) is 6.63. The number of sulfone groups is 1. The number of methoxy groups -OCH3 is 1. The predicted molar refractivity (Wildman–Crippen MR) is 83.8 cm³/mol. The molecule has 20 heavy (non-hydrogen) atoms. The molecule has 5 heteroatoms. The minimum absolute atomic E-state index is 0.180. The number of nitrogens with one attached hydrogen (secondary N) is 1. The fraction of sp³-hybridized carbons (Fsp3) is 1.00.